The molecule has 1 fully saturated rings. The molecule has 0 unspecified atom stereocenters. The summed E-state index contributed by atoms with van der Waals surface area (Å²) in [5.74, 6) is 0.189. The second-order valence-corrected chi connectivity index (χ2v) is 6.49. The summed E-state index contributed by atoms with van der Waals surface area (Å²) in [6.07, 6.45) is 3.27. The van der Waals surface area contributed by atoms with Gasteiger partial charge in [-0.1, -0.05) is 24.3 Å². The monoisotopic (exact) mass is 337 g/mol. The third-order valence-electron chi connectivity index (χ3n) is 4.74. The van der Waals surface area contributed by atoms with Gasteiger partial charge in [-0.3, -0.25) is 4.79 Å². The number of aromatic nitrogens is 2. The summed E-state index contributed by atoms with van der Waals surface area (Å²) >= 11 is 0. The van der Waals surface area contributed by atoms with Gasteiger partial charge in [-0.15, -0.1) is 0 Å². The fraction of sp³-hybridized carbons (Fsp3) is 0.300. The molecule has 1 aromatic heterocycles. The van der Waals surface area contributed by atoms with Gasteiger partial charge in [-0.2, -0.15) is 0 Å². The average Bonchev–Trinajstić information content (AvgIpc) is 3.02. The van der Waals surface area contributed by atoms with Crippen LogP contribution in [0.3, 0.4) is 0 Å². The zero-order chi connectivity index (χ0) is 17.2. The van der Waals surface area contributed by atoms with Crippen LogP contribution >= 0.6 is 0 Å². The highest BCUT2D eigenvalue weighted by molar-refractivity contribution is 5.95. The summed E-state index contributed by atoms with van der Waals surface area (Å²) in [5.41, 5.74) is 2.68. The van der Waals surface area contributed by atoms with Gasteiger partial charge in [0, 0.05) is 19.6 Å². The average molecular weight is 337 g/mol. The van der Waals surface area contributed by atoms with Gasteiger partial charge in [0.2, 0.25) is 5.82 Å². The van der Waals surface area contributed by atoms with E-state index in [1.54, 1.807) is 12.1 Å². The molecule has 5 heteroatoms. The van der Waals surface area contributed by atoms with E-state index in [-0.39, 0.29) is 11.7 Å². The molecule has 0 bridgehead atoms. The lowest BCUT2D eigenvalue weighted by Gasteiger charge is -2.26. The fourth-order valence-corrected chi connectivity index (χ4v) is 3.41. The van der Waals surface area contributed by atoms with Crippen molar-refractivity contribution in [3.63, 3.8) is 0 Å². The molecule has 0 aliphatic carbocycles. The summed E-state index contributed by atoms with van der Waals surface area (Å²) in [7, 11) is 0. The molecule has 128 valence electrons. The van der Waals surface area contributed by atoms with Crippen LogP contribution in [0.2, 0.25) is 0 Å². The Morgan fingerprint density at radius 3 is 2.48 bits per heavy atom. The van der Waals surface area contributed by atoms with E-state index < -0.39 is 0 Å². The second-order valence-electron chi connectivity index (χ2n) is 6.49. The number of fused-ring (bicyclic) bond motifs is 1. The van der Waals surface area contributed by atoms with Crippen molar-refractivity contribution in [2.24, 2.45) is 0 Å². The minimum absolute atomic E-state index is 0.0157. The minimum Gasteiger partial charge on any atom is -0.336 e. The molecule has 0 spiro atoms. The van der Waals surface area contributed by atoms with Gasteiger partial charge in [-0.25, -0.2) is 9.37 Å². The quantitative estimate of drug-likeness (QED) is 0.728. The number of nitrogens with zero attached hydrogens (tertiary/aromatic N) is 3. The van der Waals surface area contributed by atoms with Crippen LogP contribution in [0.5, 0.6) is 0 Å². The number of piperidine rings is 1. The van der Waals surface area contributed by atoms with Crippen LogP contribution < -0.4 is 0 Å². The number of imidazole rings is 1. The molecular weight excluding hydrogens is 317 g/mol. The number of carbonyl (C=O) groups excluding carboxylic acids is 1. The highest BCUT2D eigenvalue weighted by Gasteiger charge is 2.24. The van der Waals surface area contributed by atoms with Gasteiger partial charge in [0.05, 0.1) is 11.0 Å². The molecular formula is C20H20FN3O. The summed E-state index contributed by atoms with van der Waals surface area (Å²) < 4.78 is 15.1. The fourth-order valence-electron chi connectivity index (χ4n) is 3.41. The third kappa shape index (κ3) is 3.14. The molecule has 0 atom stereocenters. The first-order valence-corrected chi connectivity index (χ1v) is 8.71. The van der Waals surface area contributed by atoms with Crippen LogP contribution in [0.4, 0.5) is 4.39 Å². The minimum atomic E-state index is -0.260. The predicted octanol–water partition coefficient (Wildman–Crippen LogP) is 3.85. The summed E-state index contributed by atoms with van der Waals surface area (Å²) in [4.78, 5) is 19.5. The van der Waals surface area contributed by atoms with Crippen LogP contribution in [0, 0.1) is 5.82 Å². The van der Waals surface area contributed by atoms with Crippen LogP contribution in [0.1, 0.15) is 35.4 Å². The Labute approximate surface area is 145 Å². The van der Waals surface area contributed by atoms with Gasteiger partial charge in [-0.05, 0) is 49.1 Å². The van der Waals surface area contributed by atoms with E-state index in [0.29, 0.717) is 12.4 Å². The number of para-hydroxylation sites is 2. The van der Waals surface area contributed by atoms with E-state index in [9.17, 15) is 9.18 Å². The number of likely N-dealkylation sites (tertiary alicyclic amines) is 1. The highest BCUT2D eigenvalue weighted by Crippen LogP contribution is 2.21. The normalized spacial score (nSPS) is 14.8. The van der Waals surface area contributed by atoms with Crippen LogP contribution in [-0.4, -0.2) is 33.4 Å². The summed E-state index contributed by atoms with van der Waals surface area (Å²) in [6.45, 7) is 2.08. The SMILES string of the molecule is O=C(c1nc2ccccc2n1Cc1ccc(F)cc1)N1CCCCC1. The molecule has 2 aromatic carbocycles. The van der Waals surface area contributed by atoms with Crippen molar-refractivity contribution in [1.82, 2.24) is 14.5 Å². The number of carbonyl (C=O) groups is 1. The topological polar surface area (TPSA) is 38.1 Å². The largest absolute Gasteiger partial charge is 0.336 e. The Morgan fingerprint density at radius 1 is 1.00 bits per heavy atom. The smallest absolute Gasteiger partial charge is 0.289 e. The van der Waals surface area contributed by atoms with Gasteiger partial charge >= 0.3 is 0 Å². The second kappa shape index (κ2) is 6.67. The standard InChI is InChI=1S/C20H20FN3O/c21-16-10-8-15(9-11-16)14-24-18-7-3-2-6-17(18)22-19(24)20(25)23-12-4-1-5-13-23/h2-3,6-11H,1,4-5,12-14H2. The summed E-state index contributed by atoms with van der Waals surface area (Å²) in [6, 6.07) is 14.1. The molecule has 3 aromatic rings. The molecule has 1 saturated heterocycles. The van der Waals surface area contributed by atoms with Gasteiger partial charge < -0.3 is 9.47 Å². The molecule has 0 saturated carbocycles. The lowest BCUT2D eigenvalue weighted by molar-refractivity contribution is 0.0708. The molecule has 4 nitrogen and oxygen atoms in total. The van der Waals surface area contributed by atoms with Crippen molar-refractivity contribution in [1.29, 1.82) is 0 Å². The first kappa shape index (κ1) is 15.8. The van der Waals surface area contributed by atoms with E-state index in [1.165, 1.54) is 18.6 Å². The lowest BCUT2D eigenvalue weighted by Crippen LogP contribution is -2.37. The molecule has 0 N–H and O–H groups in total. The van der Waals surface area contributed by atoms with E-state index in [2.05, 4.69) is 4.98 Å². The van der Waals surface area contributed by atoms with Gasteiger partial charge in [0.15, 0.2) is 0 Å². The first-order chi connectivity index (χ1) is 12.2. The number of benzene rings is 2. The van der Waals surface area contributed by atoms with Crippen molar-refractivity contribution >= 4 is 16.9 Å². The van der Waals surface area contributed by atoms with E-state index >= 15 is 0 Å². The van der Waals surface area contributed by atoms with Gasteiger partial charge in [0.1, 0.15) is 5.82 Å². The number of amides is 1. The predicted molar refractivity (Wildman–Crippen MR) is 95.0 cm³/mol. The molecule has 2 heterocycles. The number of rotatable bonds is 3. The van der Waals surface area contributed by atoms with Crippen LogP contribution in [0.15, 0.2) is 48.5 Å². The zero-order valence-electron chi connectivity index (χ0n) is 14.0. The lowest BCUT2D eigenvalue weighted by atomic mass is 10.1. The van der Waals surface area contributed by atoms with Crippen molar-refractivity contribution in [3.05, 3.63) is 65.7 Å². The molecule has 1 aliphatic rings. The van der Waals surface area contributed by atoms with Crippen LogP contribution in [0.25, 0.3) is 11.0 Å². The van der Waals surface area contributed by atoms with Gasteiger partial charge in [0.25, 0.3) is 5.91 Å². The Hall–Kier alpha value is -2.69. The summed E-state index contributed by atoms with van der Waals surface area (Å²) in [5, 5.41) is 0. The maximum Gasteiger partial charge on any atom is 0.289 e. The third-order valence-corrected chi connectivity index (χ3v) is 4.74. The Balaban J connectivity index is 1.75. The molecule has 4 rings (SSSR count). The molecule has 1 aliphatic heterocycles. The van der Waals surface area contributed by atoms with Crippen molar-refractivity contribution in [2.75, 3.05) is 13.1 Å². The van der Waals surface area contributed by atoms with E-state index in [1.807, 2.05) is 33.7 Å². The maximum atomic E-state index is 13.2. The number of hydrogen-bond donors (Lipinski definition) is 0. The zero-order valence-corrected chi connectivity index (χ0v) is 14.0. The molecule has 25 heavy (non-hydrogen) atoms. The Morgan fingerprint density at radius 2 is 1.72 bits per heavy atom. The van der Waals surface area contributed by atoms with Crippen LogP contribution in [-0.2, 0) is 6.54 Å². The Kier molecular flexibility index (Phi) is 4.22. The van der Waals surface area contributed by atoms with E-state index in [4.69, 9.17) is 0 Å². The van der Waals surface area contributed by atoms with Crippen molar-refractivity contribution in [2.45, 2.75) is 25.8 Å². The van der Waals surface area contributed by atoms with Crippen molar-refractivity contribution in [3.8, 4) is 0 Å². The molecule has 0 radical (unpaired) electrons. The molecule has 1 amide bonds. The highest BCUT2D eigenvalue weighted by atomic mass is 19.1. The number of halogens is 1. The first-order valence-electron chi connectivity index (χ1n) is 8.71. The Bertz CT molecular complexity index is 895. The van der Waals surface area contributed by atoms with E-state index in [0.717, 1.165) is 42.5 Å². The number of hydrogen-bond acceptors (Lipinski definition) is 2. The van der Waals surface area contributed by atoms with Crippen molar-refractivity contribution < 1.29 is 9.18 Å². The maximum absolute atomic E-state index is 13.2.